The van der Waals surface area contributed by atoms with Gasteiger partial charge in [0.1, 0.15) is 17.3 Å². The van der Waals surface area contributed by atoms with E-state index in [1.165, 1.54) is 7.05 Å². The second-order valence-corrected chi connectivity index (χ2v) is 4.82. The largest absolute Gasteiger partial charge is 0.383 e. The number of benzene rings is 2. The van der Waals surface area contributed by atoms with Crippen molar-refractivity contribution in [1.29, 1.82) is 0 Å². The van der Waals surface area contributed by atoms with E-state index in [2.05, 4.69) is 10.6 Å². The number of nitrogens with one attached hydrogen (secondary N) is 2. The average Bonchev–Trinajstić information content (AvgIpc) is 2.42. The smallest absolute Gasteiger partial charge is 0.255 e. The monoisotopic (exact) mass is 290 g/mol. The molecule has 2 aromatic rings. The van der Waals surface area contributed by atoms with E-state index in [4.69, 9.17) is 0 Å². The van der Waals surface area contributed by atoms with Crippen molar-refractivity contribution in [3.8, 4) is 0 Å². The third-order valence-electron chi connectivity index (χ3n) is 3.32. The maximum Gasteiger partial charge on any atom is 0.255 e. The lowest BCUT2D eigenvalue weighted by Gasteiger charge is -2.10. The van der Waals surface area contributed by atoms with E-state index >= 15 is 0 Å². The first-order valence-electron chi connectivity index (χ1n) is 6.47. The van der Waals surface area contributed by atoms with Crippen LogP contribution in [0.15, 0.2) is 30.3 Å². The van der Waals surface area contributed by atoms with Gasteiger partial charge in [0.15, 0.2) is 0 Å². The number of carbonyl (C=O) groups excluding carboxylic acids is 1. The zero-order valence-corrected chi connectivity index (χ0v) is 12.1. The number of hydrogen-bond acceptors (Lipinski definition) is 2. The minimum Gasteiger partial charge on any atom is -0.383 e. The van der Waals surface area contributed by atoms with Crippen molar-refractivity contribution in [3.05, 3.63) is 58.7 Å². The Morgan fingerprint density at radius 1 is 1.00 bits per heavy atom. The predicted octanol–water partition coefficient (Wildman–Crippen LogP) is 3.88. The fourth-order valence-corrected chi connectivity index (χ4v) is 1.97. The van der Waals surface area contributed by atoms with E-state index in [0.717, 1.165) is 23.3 Å². The van der Waals surface area contributed by atoms with Gasteiger partial charge in [0.25, 0.3) is 5.91 Å². The van der Waals surface area contributed by atoms with Crippen LogP contribution in [0.4, 0.5) is 20.2 Å². The van der Waals surface area contributed by atoms with E-state index in [-0.39, 0.29) is 11.3 Å². The molecule has 0 bridgehead atoms. The lowest BCUT2D eigenvalue weighted by Crippen LogP contribution is -2.13. The van der Waals surface area contributed by atoms with Gasteiger partial charge in [0, 0.05) is 18.3 Å². The summed E-state index contributed by atoms with van der Waals surface area (Å²) >= 11 is 0. The van der Waals surface area contributed by atoms with Crippen LogP contribution in [0.2, 0.25) is 0 Å². The summed E-state index contributed by atoms with van der Waals surface area (Å²) in [4.78, 5) is 12.0. The Balaban J connectivity index is 2.26. The van der Waals surface area contributed by atoms with Crippen molar-refractivity contribution in [2.45, 2.75) is 13.8 Å². The predicted molar refractivity (Wildman–Crippen MR) is 79.8 cm³/mol. The molecular weight excluding hydrogens is 274 g/mol. The van der Waals surface area contributed by atoms with Crippen LogP contribution < -0.4 is 10.6 Å². The van der Waals surface area contributed by atoms with E-state index in [1.807, 2.05) is 26.0 Å². The van der Waals surface area contributed by atoms with E-state index in [9.17, 15) is 13.6 Å². The highest BCUT2D eigenvalue weighted by Gasteiger charge is 2.14. The maximum atomic E-state index is 13.6. The standard InChI is InChI=1S/C16H16F2N2O/c1-9-4-5-12(6-10(9)2)20-16(21)11-7-13(17)15(19-3)14(18)8-11/h4-8,19H,1-3H3,(H,20,21). The highest BCUT2D eigenvalue weighted by molar-refractivity contribution is 6.04. The molecule has 2 N–H and O–H groups in total. The number of aryl methyl sites for hydroxylation is 2. The molecule has 2 rings (SSSR count). The van der Waals surface area contributed by atoms with Crippen LogP contribution in [-0.2, 0) is 0 Å². The molecule has 5 heteroatoms. The summed E-state index contributed by atoms with van der Waals surface area (Å²) in [6, 6.07) is 7.43. The molecule has 0 aliphatic heterocycles. The lowest BCUT2D eigenvalue weighted by atomic mass is 10.1. The Hall–Kier alpha value is -2.43. The molecule has 0 spiro atoms. The van der Waals surface area contributed by atoms with Gasteiger partial charge in [-0.25, -0.2) is 8.78 Å². The maximum absolute atomic E-state index is 13.6. The molecule has 0 atom stereocenters. The highest BCUT2D eigenvalue weighted by Crippen LogP contribution is 2.21. The first-order valence-corrected chi connectivity index (χ1v) is 6.47. The zero-order chi connectivity index (χ0) is 15.6. The van der Waals surface area contributed by atoms with Crippen LogP contribution in [0.3, 0.4) is 0 Å². The summed E-state index contributed by atoms with van der Waals surface area (Å²) in [7, 11) is 1.41. The minimum absolute atomic E-state index is 0.0674. The van der Waals surface area contributed by atoms with Crippen molar-refractivity contribution in [3.63, 3.8) is 0 Å². The normalized spacial score (nSPS) is 10.3. The molecule has 2 aromatic carbocycles. The SMILES string of the molecule is CNc1c(F)cc(C(=O)Nc2ccc(C)c(C)c2)cc1F. The average molecular weight is 290 g/mol. The summed E-state index contributed by atoms with van der Waals surface area (Å²) in [6.45, 7) is 3.88. The van der Waals surface area contributed by atoms with Crippen LogP contribution in [0.5, 0.6) is 0 Å². The molecule has 0 aromatic heterocycles. The van der Waals surface area contributed by atoms with Gasteiger partial charge in [0.2, 0.25) is 0 Å². The van der Waals surface area contributed by atoms with Crippen LogP contribution >= 0.6 is 0 Å². The van der Waals surface area contributed by atoms with Crippen molar-refractivity contribution in [2.24, 2.45) is 0 Å². The van der Waals surface area contributed by atoms with Crippen molar-refractivity contribution < 1.29 is 13.6 Å². The summed E-state index contributed by atoms with van der Waals surface area (Å²) in [5.41, 5.74) is 2.39. The number of amides is 1. The third kappa shape index (κ3) is 3.18. The molecule has 0 saturated carbocycles. The molecule has 0 saturated heterocycles. The molecule has 0 fully saturated rings. The molecular formula is C16H16F2N2O. The van der Waals surface area contributed by atoms with Crippen molar-refractivity contribution in [2.75, 3.05) is 17.7 Å². The Morgan fingerprint density at radius 2 is 1.62 bits per heavy atom. The van der Waals surface area contributed by atoms with Crippen molar-refractivity contribution in [1.82, 2.24) is 0 Å². The summed E-state index contributed by atoms with van der Waals surface area (Å²) in [6.07, 6.45) is 0. The molecule has 0 aliphatic carbocycles. The summed E-state index contributed by atoms with van der Waals surface area (Å²) in [5, 5.41) is 5.04. The Morgan fingerprint density at radius 3 is 2.14 bits per heavy atom. The van der Waals surface area contributed by atoms with E-state index in [0.29, 0.717) is 5.69 Å². The van der Waals surface area contributed by atoms with Crippen LogP contribution in [-0.4, -0.2) is 13.0 Å². The van der Waals surface area contributed by atoms with Gasteiger partial charge in [0.05, 0.1) is 0 Å². The molecule has 3 nitrogen and oxygen atoms in total. The molecule has 21 heavy (non-hydrogen) atoms. The van der Waals surface area contributed by atoms with Gasteiger partial charge in [-0.3, -0.25) is 4.79 Å². The van der Waals surface area contributed by atoms with Crippen LogP contribution in [0.1, 0.15) is 21.5 Å². The van der Waals surface area contributed by atoms with E-state index in [1.54, 1.807) is 6.07 Å². The van der Waals surface area contributed by atoms with Crippen molar-refractivity contribution >= 4 is 17.3 Å². The van der Waals surface area contributed by atoms with E-state index < -0.39 is 17.5 Å². The fourth-order valence-electron chi connectivity index (χ4n) is 1.97. The lowest BCUT2D eigenvalue weighted by molar-refractivity contribution is 0.102. The second-order valence-electron chi connectivity index (χ2n) is 4.82. The number of carbonyl (C=O) groups is 1. The van der Waals surface area contributed by atoms with Gasteiger partial charge in [-0.2, -0.15) is 0 Å². The molecule has 1 amide bonds. The Bertz CT molecular complexity index is 676. The third-order valence-corrected chi connectivity index (χ3v) is 3.32. The number of rotatable bonds is 3. The second kappa shape index (κ2) is 5.91. The van der Waals surface area contributed by atoms with Gasteiger partial charge < -0.3 is 10.6 Å². The number of hydrogen-bond donors (Lipinski definition) is 2. The zero-order valence-electron chi connectivity index (χ0n) is 12.1. The molecule has 0 heterocycles. The molecule has 0 radical (unpaired) electrons. The number of halogens is 2. The quantitative estimate of drug-likeness (QED) is 0.900. The molecule has 0 unspecified atom stereocenters. The topological polar surface area (TPSA) is 41.1 Å². The molecule has 0 aliphatic rings. The molecule has 110 valence electrons. The van der Waals surface area contributed by atoms with Gasteiger partial charge in [-0.05, 0) is 49.2 Å². The van der Waals surface area contributed by atoms with Gasteiger partial charge in [-0.15, -0.1) is 0 Å². The first kappa shape index (κ1) is 15.0. The van der Waals surface area contributed by atoms with Gasteiger partial charge in [-0.1, -0.05) is 6.07 Å². The van der Waals surface area contributed by atoms with Crippen LogP contribution in [0, 0.1) is 25.5 Å². The van der Waals surface area contributed by atoms with Gasteiger partial charge >= 0.3 is 0 Å². The first-order chi connectivity index (χ1) is 9.92. The Labute approximate surface area is 122 Å². The Kier molecular flexibility index (Phi) is 4.21. The minimum atomic E-state index is -0.803. The summed E-state index contributed by atoms with van der Waals surface area (Å²) < 4.78 is 27.3. The summed E-state index contributed by atoms with van der Waals surface area (Å²) in [5.74, 6) is -2.16. The highest BCUT2D eigenvalue weighted by atomic mass is 19.1. The number of anilines is 2. The van der Waals surface area contributed by atoms with Crippen LogP contribution in [0.25, 0.3) is 0 Å². The fraction of sp³-hybridized carbons (Fsp3) is 0.188.